The van der Waals surface area contributed by atoms with Gasteiger partial charge in [-0.2, -0.15) is 0 Å². The Balaban J connectivity index is 0. The minimum absolute atomic E-state index is 0. The molecule has 0 rings (SSSR count). The zero-order valence-electron chi connectivity index (χ0n) is 29.7. The Bertz CT molecular complexity index is 765. The van der Waals surface area contributed by atoms with Crippen LogP contribution in [0, 0.1) is 0 Å². The van der Waals surface area contributed by atoms with Gasteiger partial charge in [0.2, 0.25) is 16.3 Å². The largest absolute Gasteiger partial charge is 1.00 e. The zero-order valence-corrected chi connectivity index (χ0v) is 32.5. The molecule has 0 fully saturated rings. The van der Waals surface area contributed by atoms with Crippen molar-refractivity contribution in [3.63, 3.8) is 0 Å². The summed E-state index contributed by atoms with van der Waals surface area (Å²) in [5, 5.41) is 13.2. The second-order valence-corrected chi connectivity index (χ2v) is 13.9. The van der Waals surface area contributed by atoms with Crippen molar-refractivity contribution >= 4 is 16.3 Å². The van der Waals surface area contributed by atoms with E-state index < -0.39 is 29.2 Å². The monoisotopic (exact) mass is 667 g/mol. The third-order valence-corrected chi connectivity index (χ3v) is 8.89. The summed E-state index contributed by atoms with van der Waals surface area (Å²) in [7, 11) is -4.92. The fourth-order valence-electron chi connectivity index (χ4n) is 5.61. The quantitative estimate of drug-likeness (QED) is 0.0256. The molecular weight excluding hydrogens is 597 g/mol. The first kappa shape index (κ1) is 47.2. The summed E-state index contributed by atoms with van der Waals surface area (Å²) in [4.78, 5) is 12.5. The van der Waals surface area contributed by atoms with Gasteiger partial charge in [0.1, 0.15) is 0 Å². The van der Waals surface area contributed by atoms with Gasteiger partial charge in [0.15, 0.2) is 0 Å². The molecule has 2 N–H and O–H groups in total. The van der Waals surface area contributed by atoms with Crippen LogP contribution in [-0.2, 0) is 19.4 Å². The maximum atomic E-state index is 12.5. The molecule has 0 aromatic heterocycles. The molecule has 0 aromatic rings. The summed E-state index contributed by atoms with van der Waals surface area (Å²) in [6, 6.07) is -0.990. The molecule has 2 unspecified atom stereocenters. The van der Waals surface area contributed by atoms with Crippen LogP contribution in [-0.4, -0.2) is 42.7 Å². The van der Waals surface area contributed by atoms with Gasteiger partial charge in [-0.3, -0.25) is 8.98 Å². The molecule has 0 aliphatic heterocycles. The first-order chi connectivity index (χ1) is 21.3. The van der Waals surface area contributed by atoms with Gasteiger partial charge in [0.05, 0.1) is 18.8 Å². The number of rotatable bonds is 34. The topological polar surface area (TPSA) is 116 Å². The van der Waals surface area contributed by atoms with Crippen LogP contribution in [0.4, 0.5) is 0 Å². The first-order valence-corrected chi connectivity index (χ1v) is 19.9. The zero-order chi connectivity index (χ0) is 32.6. The average molecular weight is 668 g/mol. The molecule has 0 aliphatic carbocycles. The Morgan fingerprint density at radius 3 is 1.40 bits per heavy atom. The smallest absolute Gasteiger partial charge is 0.726 e. The molecule has 45 heavy (non-hydrogen) atoms. The van der Waals surface area contributed by atoms with E-state index in [1.165, 1.54) is 135 Å². The maximum Gasteiger partial charge on any atom is 1.00 e. The van der Waals surface area contributed by atoms with Crippen molar-refractivity contribution in [1.29, 1.82) is 0 Å². The van der Waals surface area contributed by atoms with Crippen LogP contribution >= 0.6 is 0 Å². The molecule has 262 valence electrons. The summed E-state index contributed by atoms with van der Waals surface area (Å²) in [5.74, 6) is -0.269. The number of aliphatic hydroxyl groups excluding tert-OH is 1. The predicted molar refractivity (Wildman–Crippen MR) is 183 cm³/mol. The van der Waals surface area contributed by atoms with Crippen molar-refractivity contribution in [2.24, 2.45) is 0 Å². The number of hydrogen-bond donors (Lipinski definition) is 2. The summed E-state index contributed by atoms with van der Waals surface area (Å²) >= 11 is 0. The molecule has 0 heterocycles. The van der Waals surface area contributed by atoms with Crippen molar-refractivity contribution in [2.75, 3.05) is 6.61 Å². The molecule has 0 aromatic carbocycles. The standard InChI is InChI=1S/C36H71NO6S.Na/c1-3-5-7-9-11-13-15-17-18-20-22-24-26-28-30-32-36(39)37-34(33-43-44(40,41)42)35(38)31-29-27-25-23-21-19-16-14-12-10-8-6-4-2;/h29,31,34-35,38H,3-28,30,32-33H2,1-2H3,(H,37,39)(H,40,41,42);/q;+1/p-1. The molecule has 9 heteroatoms. The van der Waals surface area contributed by atoms with Crippen molar-refractivity contribution in [2.45, 2.75) is 206 Å². The first-order valence-electron chi connectivity index (χ1n) is 18.5. The van der Waals surface area contributed by atoms with Gasteiger partial charge in [-0.15, -0.1) is 0 Å². The van der Waals surface area contributed by atoms with E-state index in [0.29, 0.717) is 6.42 Å². The number of unbranched alkanes of at least 4 members (excludes halogenated alkanes) is 25. The maximum absolute atomic E-state index is 12.5. The summed E-state index contributed by atoms with van der Waals surface area (Å²) < 4.78 is 37.3. The van der Waals surface area contributed by atoms with Crippen LogP contribution in [0.15, 0.2) is 12.2 Å². The SMILES string of the molecule is CCCCCCCCCCCCCC=CC(O)C(COS(=O)(=O)[O-])NC(=O)CCCCCCCCCCCCCCCCC.[Na+]. The van der Waals surface area contributed by atoms with Crippen LogP contribution in [0.25, 0.3) is 0 Å². The number of amides is 1. The number of carbonyl (C=O) groups excluding carboxylic acids is 1. The average Bonchev–Trinajstić information content (AvgIpc) is 2.99. The van der Waals surface area contributed by atoms with Crippen LogP contribution in [0.5, 0.6) is 0 Å². The van der Waals surface area contributed by atoms with Crippen LogP contribution < -0.4 is 34.9 Å². The number of hydrogen-bond acceptors (Lipinski definition) is 6. The second-order valence-electron chi connectivity index (χ2n) is 12.8. The van der Waals surface area contributed by atoms with Crippen molar-refractivity contribution in [3.8, 4) is 0 Å². The Morgan fingerprint density at radius 2 is 1.02 bits per heavy atom. The third-order valence-electron chi connectivity index (χ3n) is 8.47. The Morgan fingerprint density at radius 1 is 0.667 bits per heavy atom. The second kappa shape index (κ2) is 35.3. The van der Waals surface area contributed by atoms with Gasteiger partial charge in [-0.05, 0) is 19.3 Å². The molecule has 0 saturated heterocycles. The van der Waals surface area contributed by atoms with Crippen molar-refractivity contribution in [3.05, 3.63) is 12.2 Å². The van der Waals surface area contributed by atoms with Crippen molar-refractivity contribution in [1.82, 2.24) is 5.32 Å². The molecule has 7 nitrogen and oxygen atoms in total. The minimum atomic E-state index is -4.92. The van der Waals surface area contributed by atoms with E-state index in [1.54, 1.807) is 6.08 Å². The molecule has 0 saturated carbocycles. The van der Waals surface area contributed by atoms with E-state index in [4.69, 9.17) is 0 Å². The summed E-state index contributed by atoms with van der Waals surface area (Å²) in [6.45, 7) is 3.91. The van der Waals surface area contributed by atoms with E-state index in [0.717, 1.165) is 38.5 Å². The molecule has 0 spiro atoms. The third kappa shape index (κ3) is 36.7. The van der Waals surface area contributed by atoms with Gasteiger partial charge >= 0.3 is 29.6 Å². The van der Waals surface area contributed by atoms with Gasteiger partial charge in [-0.1, -0.05) is 180 Å². The fourth-order valence-corrected chi connectivity index (χ4v) is 5.93. The fraction of sp³-hybridized carbons (Fsp3) is 0.917. The Labute approximate surface area is 301 Å². The van der Waals surface area contributed by atoms with Crippen LogP contribution in [0.3, 0.4) is 0 Å². The summed E-state index contributed by atoms with van der Waals surface area (Å²) in [6.07, 6.45) is 36.0. The Kier molecular flexibility index (Phi) is 37.0. The van der Waals surface area contributed by atoms with Crippen molar-refractivity contribution < 1.29 is 56.6 Å². The minimum Gasteiger partial charge on any atom is -0.726 e. The molecule has 1 amide bonds. The van der Waals surface area contributed by atoms with E-state index in [9.17, 15) is 22.9 Å². The van der Waals surface area contributed by atoms with E-state index in [1.807, 2.05) is 6.08 Å². The Hall–Kier alpha value is 0.0400. The van der Waals surface area contributed by atoms with Crippen LogP contribution in [0.1, 0.15) is 194 Å². The number of allylic oxidation sites excluding steroid dienone is 1. The summed E-state index contributed by atoms with van der Waals surface area (Å²) in [5.41, 5.74) is 0. The molecule has 2 atom stereocenters. The normalized spacial score (nSPS) is 13.2. The van der Waals surface area contributed by atoms with Gasteiger partial charge in [-0.25, -0.2) is 8.42 Å². The van der Waals surface area contributed by atoms with E-state index >= 15 is 0 Å². The molecule has 0 radical (unpaired) electrons. The van der Waals surface area contributed by atoms with E-state index in [2.05, 4.69) is 23.3 Å². The molecular formula is C36H70NNaO6S. The number of carbonyl (C=O) groups is 1. The van der Waals surface area contributed by atoms with Gasteiger partial charge in [0.25, 0.3) is 0 Å². The molecule has 0 aliphatic rings. The number of nitrogens with one attached hydrogen (secondary N) is 1. The van der Waals surface area contributed by atoms with Crippen LogP contribution in [0.2, 0.25) is 0 Å². The van der Waals surface area contributed by atoms with Gasteiger partial charge in [0, 0.05) is 6.42 Å². The van der Waals surface area contributed by atoms with Gasteiger partial charge < -0.3 is 15.0 Å². The number of aliphatic hydroxyl groups is 1. The molecule has 0 bridgehead atoms. The van der Waals surface area contributed by atoms with E-state index in [-0.39, 0.29) is 35.5 Å². The predicted octanol–water partition coefficient (Wildman–Crippen LogP) is 6.83.